The molecule has 0 N–H and O–H groups in total. The van der Waals surface area contributed by atoms with Gasteiger partial charge in [0.15, 0.2) is 0 Å². The summed E-state index contributed by atoms with van der Waals surface area (Å²) < 4.78 is 11.5. The fraction of sp³-hybridized carbons (Fsp3) is 0.476. The molecule has 132 valence electrons. The normalized spacial score (nSPS) is 29.5. The van der Waals surface area contributed by atoms with E-state index in [1.807, 2.05) is 25.4 Å². The fourth-order valence-electron chi connectivity index (χ4n) is 4.71. The number of nitrogens with zero attached hydrogens (tertiary/aromatic N) is 2. The molecule has 1 aromatic carbocycles. The van der Waals surface area contributed by atoms with Gasteiger partial charge >= 0.3 is 0 Å². The maximum absolute atomic E-state index is 6.04. The van der Waals surface area contributed by atoms with Crippen molar-refractivity contribution in [3.05, 3.63) is 48.7 Å². The zero-order chi connectivity index (χ0) is 17.4. The van der Waals surface area contributed by atoms with Crippen molar-refractivity contribution in [2.45, 2.75) is 25.0 Å². The molecule has 0 amide bonds. The lowest BCUT2D eigenvalue weighted by molar-refractivity contribution is -0.0601. The average Bonchev–Trinajstić information content (AvgIpc) is 2.68. The van der Waals surface area contributed by atoms with Gasteiger partial charge in [-0.25, -0.2) is 0 Å². The van der Waals surface area contributed by atoms with Crippen LogP contribution < -0.4 is 4.74 Å². The highest BCUT2D eigenvalue weighted by Crippen LogP contribution is 2.43. The Bertz CT molecular complexity index is 776. The molecule has 5 rings (SSSR count). The summed E-state index contributed by atoms with van der Waals surface area (Å²) in [6, 6.07) is 8.57. The third-order valence-corrected chi connectivity index (χ3v) is 6.05. The molecule has 0 radical (unpaired) electrons. The lowest BCUT2D eigenvalue weighted by Gasteiger charge is -2.51. The van der Waals surface area contributed by atoms with Gasteiger partial charge in [0.1, 0.15) is 5.75 Å². The minimum atomic E-state index is 0.0474. The topological polar surface area (TPSA) is 34.6 Å². The van der Waals surface area contributed by atoms with Crippen LogP contribution in [0.25, 0.3) is 10.9 Å². The Morgan fingerprint density at radius 2 is 2.20 bits per heavy atom. The predicted octanol–water partition coefficient (Wildman–Crippen LogP) is 3.83. The van der Waals surface area contributed by atoms with Crippen LogP contribution in [0.2, 0.25) is 0 Å². The quantitative estimate of drug-likeness (QED) is 0.776. The molecule has 4 heteroatoms. The summed E-state index contributed by atoms with van der Waals surface area (Å²) in [7, 11) is 3.53. The number of hydrogen-bond acceptors (Lipinski definition) is 4. The van der Waals surface area contributed by atoms with Crippen LogP contribution >= 0.6 is 0 Å². The number of methoxy groups -OCH3 is 2. The van der Waals surface area contributed by atoms with Crippen molar-refractivity contribution in [1.29, 1.82) is 0 Å². The van der Waals surface area contributed by atoms with Gasteiger partial charge in [-0.15, -0.1) is 6.58 Å². The highest BCUT2D eigenvalue weighted by molar-refractivity contribution is 5.84. The first-order valence-corrected chi connectivity index (χ1v) is 9.07. The van der Waals surface area contributed by atoms with Crippen LogP contribution in [0.5, 0.6) is 5.75 Å². The predicted molar refractivity (Wildman–Crippen MR) is 99.8 cm³/mol. The molecule has 0 aliphatic carbocycles. The molecule has 3 fully saturated rings. The van der Waals surface area contributed by atoms with Crippen LogP contribution in [-0.4, -0.2) is 43.2 Å². The van der Waals surface area contributed by atoms with E-state index in [2.05, 4.69) is 34.7 Å². The first-order valence-electron chi connectivity index (χ1n) is 9.07. The highest BCUT2D eigenvalue weighted by atomic mass is 16.5. The van der Waals surface area contributed by atoms with Gasteiger partial charge in [-0.3, -0.25) is 9.88 Å². The van der Waals surface area contributed by atoms with Crippen LogP contribution in [-0.2, 0) is 4.74 Å². The van der Waals surface area contributed by atoms with Crippen LogP contribution in [0, 0.1) is 11.8 Å². The number of ether oxygens (including phenoxy) is 2. The molecule has 2 aromatic rings. The second-order valence-electron chi connectivity index (χ2n) is 7.19. The minimum absolute atomic E-state index is 0.0474. The third kappa shape index (κ3) is 2.83. The second-order valence-corrected chi connectivity index (χ2v) is 7.19. The van der Waals surface area contributed by atoms with Gasteiger partial charge < -0.3 is 9.47 Å². The van der Waals surface area contributed by atoms with E-state index < -0.39 is 0 Å². The van der Waals surface area contributed by atoms with Crippen molar-refractivity contribution >= 4 is 10.9 Å². The molecule has 25 heavy (non-hydrogen) atoms. The molecule has 5 atom stereocenters. The molecule has 3 aliphatic heterocycles. The zero-order valence-corrected chi connectivity index (χ0v) is 15.0. The molecule has 1 aromatic heterocycles. The minimum Gasteiger partial charge on any atom is -0.497 e. The first-order chi connectivity index (χ1) is 12.2. The Hall–Kier alpha value is -1.91. The van der Waals surface area contributed by atoms with Crippen molar-refractivity contribution in [2.24, 2.45) is 11.8 Å². The van der Waals surface area contributed by atoms with Gasteiger partial charge in [0.25, 0.3) is 0 Å². The number of aromatic nitrogens is 1. The Morgan fingerprint density at radius 1 is 1.32 bits per heavy atom. The molecule has 0 saturated carbocycles. The molecular formula is C21H26N2O2. The number of piperidine rings is 3. The summed E-state index contributed by atoms with van der Waals surface area (Å²) >= 11 is 0. The van der Waals surface area contributed by atoms with E-state index >= 15 is 0 Å². The van der Waals surface area contributed by atoms with Gasteiger partial charge in [-0.2, -0.15) is 0 Å². The number of rotatable bonds is 5. The van der Waals surface area contributed by atoms with Crippen molar-refractivity contribution in [1.82, 2.24) is 9.88 Å². The van der Waals surface area contributed by atoms with Gasteiger partial charge in [0.2, 0.25) is 0 Å². The standard InChI is InChI=1S/C21H26N2O2/c1-4-14-13-23-10-8-15(14)11-20(23)21(25-3)17-7-9-22-19-6-5-16(24-2)12-18(17)19/h4-7,9,12,14-15,20-21H,1,8,10-11,13H2,2-3H3/t14-,15-,20+,21-/m0/s1. The fourth-order valence-corrected chi connectivity index (χ4v) is 4.71. The van der Waals surface area contributed by atoms with Crippen LogP contribution in [0.3, 0.4) is 0 Å². The van der Waals surface area contributed by atoms with Crippen molar-refractivity contribution in [3.8, 4) is 5.75 Å². The summed E-state index contributed by atoms with van der Waals surface area (Å²) in [6.07, 6.45) is 6.52. The van der Waals surface area contributed by atoms with E-state index in [9.17, 15) is 0 Å². The Morgan fingerprint density at radius 3 is 2.88 bits per heavy atom. The summed E-state index contributed by atoms with van der Waals surface area (Å²) in [4.78, 5) is 7.10. The summed E-state index contributed by atoms with van der Waals surface area (Å²) in [5.41, 5.74) is 2.19. The van der Waals surface area contributed by atoms with E-state index in [1.54, 1.807) is 7.11 Å². The number of hydrogen-bond donors (Lipinski definition) is 0. The lowest BCUT2D eigenvalue weighted by Crippen LogP contribution is -2.55. The maximum atomic E-state index is 6.04. The van der Waals surface area contributed by atoms with E-state index in [-0.39, 0.29) is 6.10 Å². The average molecular weight is 338 g/mol. The second kappa shape index (κ2) is 6.77. The van der Waals surface area contributed by atoms with E-state index in [4.69, 9.17) is 9.47 Å². The molecule has 0 spiro atoms. The SMILES string of the molecule is C=C[C@H]1CN2CC[C@H]1C[C@@H]2[C@@H](OC)c1ccnc2ccc(OC)cc12. The molecular weight excluding hydrogens is 312 g/mol. The van der Waals surface area contributed by atoms with E-state index in [1.165, 1.54) is 18.4 Å². The van der Waals surface area contributed by atoms with Crippen LogP contribution in [0.1, 0.15) is 24.5 Å². The van der Waals surface area contributed by atoms with E-state index in [0.29, 0.717) is 12.0 Å². The highest BCUT2D eigenvalue weighted by Gasteiger charge is 2.42. The van der Waals surface area contributed by atoms with Crippen molar-refractivity contribution in [2.75, 3.05) is 27.3 Å². The Kier molecular flexibility index (Phi) is 4.48. The lowest BCUT2D eigenvalue weighted by atomic mass is 9.73. The zero-order valence-electron chi connectivity index (χ0n) is 15.0. The molecule has 4 heterocycles. The number of fused-ring (bicyclic) bond motifs is 4. The van der Waals surface area contributed by atoms with Crippen molar-refractivity contribution < 1.29 is 9.47 Å². The van der Waals surface area contributed by atoms with Crippen LogP contribution in [0.15, 0.2) is 43.1 Å². The van der Waals surface area contributed by atoms with Gasteiger partial charge in [0.05, 0.1) is 18.7 Å². The molecule has 3 saturated heterocycles. The summed E-state index contributed by atoms with van der Waals surface area (Å²) in [5, 5.41) is 1.12. The van der Waals surface area contributed by atoms with Gasteiger partial charge in [-0.1, -0.05) is 6.08 Å². The number of pyridine rings is 1. The monoisotopic (exact) mass is 338 g/mol. The Labute approximate surface area is 149 Å². The largest absolute Gasteiger partial charge is 0.497 e. The maximum Gasteiger partial charge on any atom is 0.119 e. The van der Waals surface area contributed by atoms with Gasteiger partial charge in [-0.05, 0) is 61.1 Å². The summed E-state index contributed by atoms with van der Waals surface area (Å²) in [5.74, 6) is 2.21. The van der Waals surface area contributed by atoms with Crippen molar-refractivity contribution in [3.63, 3.8) is 0 Å². The third-order valence-electron chi connectivity index (χ3n) is 6.05. The van der Waals surface area contributed by atoms with Crippen LogP contribution in [0.4, 0.5) is 0 Å². The van der Waals surface area contributed by atoms with Gasteiger partial charge in [0, 0.05) is 31.3 Å². The molecule has 3 aliphatic rings. The summed E-state index contributed by atoms with van der Waals surface area (Å²) in [6.45, 7) is 6.29. The first kappa shape index (κ1) is 16.6. The molecule has 1 unspecified atom stereocenters. The number of benzene rings is 1. The van der Waals surface area contributed by atoms with E-state index in [0.717, 1.165) is 35.7 Å². The molecule has 4 nitrogen and oxygen atoms in total. The molecule has 2 bridgehead atoms. The Balaban J connectivity index is 1.72. The smallest absolute Gasteiger partial charge is 0.119 e.